The van der Waals surface area contributed by atoms with Gasteiger partial charge in [0.1, 0.15) is 11.9 Å². The first-order valence-corrected chi connectivity index (χ1v) is 6.58. The minimum atomic E-state index is -0.589. The number of nitrogens with zero attached hydrogens (tertiary/aromatic N) is 1. The first-order chi connectivity index (χ1) is 9.11. The lowest BCUT2D eigenvalue weighted by molar-refractivity contribution is 0.624. The molecule has 0 aliphatic carbocycles. The molecule has 19 heavy (non-hydrogen) atoms. The molecule has 2 aromatic carbocycles. The summed E-state index contributed by atoms with van der Waals surface area (Å²) in [7, 11) is 0. The van der Waals surface area contributed by atoms with Gasteiger partial charge in [-0.1, -0.05) is 18.2 Å². The molecule has 0 aliphatic rings. The van der Waals surface area contributed by atoms with Gasteiger partial charge in [0.05, 0.1) is 6.07 Å². The Hall–Kier alpha value is -1.86. The quantitative estimate of drug-likeness (QED) is 0.899. The van der Waals surface area contributed by atoms with Gasteiger partial charge in [0, 0.05) is 10.2 Å². The first-order valence-electron chi connectivity index (χ1n) is 5.78. The standard InChI is InChI=1S/C15H12BrFN2/c1-10-6-7-11(17)8-12(10)15(9-18)19-14-5-3-2-4-13(14)16/h2-8,15,19H,1H3. The van der Waals surface area contributed by atoms with E-state index in [1.54, 1.807) is 6.07 Å². The molecule has 0 heterocycles. The van der Waals surface area contributed by atoms with Crippen LogP contribution in [0.1, 0.15) is 17.2 Å². The summed E-state index contributed by atoms with van der Waals surface area (Å²) in [6.07, 6.45) is 0. The highest BCUT2D eigenvalue weighted by molar-refractivity contribution is 9.10. The van der Waals surface area contributed by atoms with Crippen molar-refractivity contribution in [2.24, 2.45) is 0 Å². The van der Waals surface area contributed by atoms with Crippen molar-refractivity contribution in [2.45, 2.75) is 13.0 Å². The van der Waals surface area contributed by atoms with E-state index in [-0.39, 0.29) is 5.82 Å². The minimum Gasteiger partial charge on any atom is -0.365 e. The van der Waals surface area contributed by atoms with Gasteiger partial charge in [-0.3, -0.25) is 0 Å². The van der Waals surface area contributed by atoms with E-state index in [4.69, 9.17) is 0 Å². The minimum absolute atomic E-state index is 0.338. The molecular formula is C15H12BrFN2. The second-order valence-corrected chi connectivity index (χ2v) is 5.04. The van der Waals surface area contributed by atoms with Crippen LogP contribution in [0.15, 0.2) is 46.9 Å². The molecule has 1 atom stereocenters. The monoisotopic (exact) mass is 318 g/mol. The van der Waals surface area contributed by atoms with Crippen LogP contribution in [-0.4, -0.2) is 0 Å². The molecule has 0 amide bonds. The van der Waals surface area contributed by atoms with Gasteiger partial charge in [0.2, 0.25) is 0 Å². The van der Waals surface area contributed by atoms with E-state index in [9.17, 15) is 9.65 Å². The van der Waals surface area contributed by atoms with Gasteiger partial charge < -0.3 is 5.32 Å². The highest BCUT2D eigenvalue weighted by atomic mass is 79.9. The second kappa shape index (κ2) is 5.85. The van der Waals surface area contributed by atoms with Crippen molar-refractivity contribution in [1.82, 2.24) is 0 Å². The van der Waals surface area contributed by atoms with Crippen LogP contribution in [-0.2, 0) is 0 Å². The summed E-state index contributed by atoms with van der Waals surface area (Å²) in [5.41, 5.74) is 2.34. The van der Waals surface area contributed by atoms with Gasteiger partial charge in [-0.15, -0.1) is 0 Å². The fourth-order valence-corrected chi connectivity index (χ4v) is 2.23. The molecule has 2 nitrogen and oxygen atoms in total. The van der Waals surface area contributed by atoms with E-state index in [0.717, 1.165) is 15.7 Å². The zero-order valence-corrected chi connectivity index (χ0v) is 11.9. The second-order valence-electron chi connectivity index (χ2n) is 4.19. The van der Waals surface area contributed by atoms with Crippen LogP contribution in [0, 0.1) is 24.1 Å². The molecule has 0 spiro atoms. The van der Waals surface area contributed by atoms with Crippen LogP contribution in [0.4, 0.5) is 10.1 Å². The maximum atomic E-state index is 13.3. The van der Waals surface area contributed by atoms with Crippen LogP contribution in [0.25, 0.3) is 0 Å². The molecule has 2 aromatic rings. The average Bonchev–Trinajstić information content (AvgIpc) is 2.41. The van der Waals surface area contributed by atoms with Crippen molar-refractivity contribution in [2.75, 3.05) is 5.32 Å². The Balaban J connectivity index is 2.34. The number of aryl methyl sites for hydroxylation is 1. The Morgan fingerprint density at radius 2 is 2.00 bits per heavy atom. The fourth-order valence-electron chi connectivity index (χ4n) is 1.84. The van der Waals surface area contributed by atoms with Crippen LogP contribution in [0.3, 0.4) is 0 Å². The molecule has 1 N–H and O–H groups in total. The van der Waals surface area contributed by atoms with Gasteiger partial charge in [0.25, 0.3) is 0 Å². The maximum Gasteiger partial charge on any atom is 0.140 e. The summed E-state index contributed by atoms with van der Waals surface area (Å²) in [5, 5.41) is 12.4. The van der Waals surface area contributed by atoms with Gasteiger partial charge in [-0.2, -0.15) is 5.26 Å². The molecule has 0 aliphatic heterocycles. The Kier molecular flexibility index (Phi) is 4.18. The molecule has 2 rings (SSSR count). The number of nitrogens with one attached hydrogen (secondary N) is 1. The number of para-hydroxylation sites is 1. The average molecular weight is 319 g/mol. The van der Waals surface area contributed by atoms with Gasteiger partial charge in [0.15, 0.2) is 0 Å². The Morgan fingerprint density at radius 3 is 2.68 bits per heavy atom. The summed E-state index contributed by atoms with van der Waals surface area (Å²) >= 11 is 3.41. The van der Waals surface area contributed by atoms with Crippen molar-refractivity contribution in [1.29, 1.82) is 5.26 Å². The van der Waals surface area contributed by atoms with Crippen molar-refractivity contribution in [3.05, 3.63) is 63.9 Å². The molecule has 4 heteroatoms. The molecule has 0 saturated carbocycles. The number of hydrogen-bond donors (Lipinski definition) is 1. The summed E-state index contributed by atoms with van der Waals surface area (Å²) in [5.74, 6) is -0.338. The smallest absolute Gasteiger partial charge is 0.140 e. The molecule has 0 bridgehead atoms. The molecule has 96 valence electrons. The predicted molar refractivity (Wildman–Crippen MR) is 77.3 cm³/mol. The SMILES string of the molecule is Cc1ccc(F)cc1C(C#N)Nc1ccccc1Br. The third-order valence-corrected chi connectivity index (χ3v) is 3.55. The van der Waals surface area contributed by atoms with Crippen LogP contribution < -0.4 is 5.32 Å². The maximum absolute atomic E-state index is 13.3. The zero-order chi connectivity index (χ0) is 13.8. The molecular weight excluding hydrogens is 307 g/mol. The topological polar surface area (TPSA) is 35.8 Å². The lowest BCUT2D eigenvalue weighted by atomic mass is 10.0. The van der Waals surface area contributed by atoms with E-state index >= 15 is 0 Å². The number of anilines is 1. The fraction of sp³-hybridized carbons (Fsp3) is 0.133. The molecule has 0 saturated heterocycles. The van der Waals surface area contributed by atoms with Gasteiger partial charge >= 0.3 is 0 Å². The Morgan fingerprint density at radius 1 is 1.26 bits per heavy atom. The highest BCUT2D eigenvalue weighted by Gasteiger charge is 2.14. The molecule has 0 fully saturated rings. The van der Waals surface area contributed by atoms with Crippen LogP contribution in [0.2, 0.25) is 0 Å². The van der Waals surface area contributed by atoms with Crippen molar-refractivity contribution < 1.29 is 4.39 Å². The van der Waals surface area contributed by atoms with Crippen molar-refractivity contribution in [3.63, 3.8) is 0 Å². The van der Waals surface area contributed by atoms with E-state index in [0.29, 0.717) is 5.56 Å². The van der Waals surface area contributed by atoms with E-state index in [1.165, 1.54) is 12.1 Å². The van der Waals surface area contributed by atoms with E-state index in [1.807, 2.05) is 31.2 Å². The largest absolute Gasteiger partial charge is 0.365 e. The van der Waals surface area contributed by atoms with Crippen LogP contribution >= 0.6 is 15.9 Å². The third-order valence-electron chi connectivity index (χ3n) is 2.86. The van der Waals surface area contributed by atoms with Crippen molar-refractivity contribution in [3.8, 4) is 6.07 Å². The lowest BCUT2D eigenvalue weighted by Crippen LogP contribution is -2.10. The Labute approximate surface area is 120 Å². The molecule has 0 aromatic heterocycles. The molecule has 0 radical (unpaired) electrons. The normalized spacial score (nSPS) is 11.7. The van der Waals surface area contributed by atoms with E-state index < -0.39 is 6.04 Å². The van der Waals surface area contributed by atoms with Crippen LogP contribution in [0.5, 0.6) is 0 Å². The highest BCUT2D eigenvalue weighted by Crippen LogP contribution is 2.27. The number of halogens is 2. The third kappa shape index (κ3) is 3.12. The number of hydrogen-bond acceptors (Lipinski definition) is 2. The van der Waals surface area contributed by atoms with Gasteiger partial charge in [-0.05, 0) is 58.2 Å². The molecule has 1 unspecified atom stereocenters. The number of benzene rings is 2. The zero-order valence-electron chi connectivity index (χ0n) is 10.3. The number of nitriles is 1. The summed E-state index contributed by atoms with van der Waals surface area (Å²) in [6.45, 7) is 1.86. The summed E-state index contributed by atoms with van der Waals surface area (Å²) < 4.78 is 14.2. The Bertz CT molecular complexity index is 634. The van der Waals surface area contributed by atoms with Crippen molar-refractivity contribution >= 4 is 21.6 Å². The predicted octanol–water partition coefficient (Wildman–Crippen LogP) is 4.57. The van der Waals surface area contributed by atoms with Gasteiger partial charge in [-0.25, -0.2) is 4.39 Å². The van der Waals surface area contributed by atoms with E-state index in [2.05, 4.69) is 27.3 Å². The summed E-state index contributed by atoms with van der Waals surface area (Å²) in [6, 6.07) is 13.6. The number of rotatable bonds is 3. The summed E-state index contributed by atoms with van der Waals surface area (Å²) in [4.78, 5) is 0. The first kappa shape index (κ1) is 13.6. The lowest BCUT2D eigenvalue weighted by Gasteiger charge is -2.16.